The molecule has 0 aliphatic rings. The molecule has 4 nitrogen and oxygen atoms in total. The molecule has 1 atom stereocenters. The number of aliphatic carboxylic acids is 1. The highest BCUT2D eigenvalue weighted by atomic mass is 19.1. The standard InChI is InChI=1S/C12H15FO4/c13-11-4-2-1-3-9(11)10(12(15)16)5-7-17-8-6-14/h1-4,10,14H,5-8H2,(H,15,16). The van der Waals surface area contributed by atoms with E-state index in [1.165, 1.54) is 18.2 Å². The second kappa shape index (κ2) is 6.98. The molecule has 1 rings (SSSR count). The van der Waals surface area contributed by atoms with Gasteiger partial charge in [0.15, 0.2) is 0 Å². The Morgan fingerprint density at radius 1 is 1.35 bits per heavy atom. The lowest BCUT2D eigenvalue weighted by molar-refractivity contribution is -0.139. The van der Waals surface area contributed by atoms with E-state index in [1.807, 2.05) is 0 Å². The molecule has 2 N–H and O–H groups in total. The largest absolute Gasteiger partial charge is 0.481 e. The van der Waals surface area contributed by atoms with E-state index < -0.39 is 17.7 Å². The molecular weight excluding hydrogens is 227 g/mol. The van der Waals surface area contributed by atoms with E-state index in [9.17, 15) is 9.18 Å². The number of rotatable bonds is 7. The van der Waals surface area contributed by atoms with Crippen LogP contribution in [0.25, 0.3) is 0 Å². The second-order valence-electron chi connectivity index (χ2n) is 3.54. The molecule has 0 fully saturated rings. The van der Waals surface area contributed by atoms with E-state index in [2.05, 4.69) is 0 Å². The van der Waals surface area contributed by atoms with Crippen LogP contribution in [-0.2, 0) is 9.53 Å². The number of halogens is 1. The number of hydrogen-bond donors (Lipinski definition) is 2. The quantitative estimate of drug-likeness (QED) is 0.709. The first-order valence-corrected chi connectivity index (χ1v) is 5.32. The molecule has 0 amide bonds. The van der Waals surface area contributed by atoms with Crippen molar-refractivity contribution >= 4 is 5.97 Å². The van der Waals surface area contributed by atoms with Crippen molar-refractivity contribution < 1.29 is 24.1 Å². The fourth-order valence-corrected chi connectivity index (χ4v) is 1.54. The van der Waals surface area contributed by atoms with Gasteiger partial charge in [-0.05, 0) is 12.5 Å². The summed E-state index contributed by atoms with van der Waals surface area (Å²) in [7, 11) is 0. The van der Waals surface area contributed by atoms with E-state index >= 15 is 0 Å². The average molecular weight is 242 g/mol. The van der Waals surface area contributed by atoms with Gasteiger partial charge in [-0.15, -0.1) is 0 Å². The Balaban J connectivity index is 2.66. The molecule has 0 heterocycles. The number of benzene rings is 1. The molecule has 17 heavy (non-hydrogen) atoms. The molecule has 5 heteroatoms. The fourth-order valence-electron chi connectivity index (χ4n) is 1.54. The van der Waals surface area contributed by atoms with Crippen molar-refractivity contribution in [3.8, 4) is 0 Å². The lowest BCUT2D eigenvalue weighted by Gasteiger charge is -2.13. The molecule has 1 aromatic carbocycles. The lowest BCUT2D eigenvalue weighted by atomic mass is 9.96. The minimum atomic E-state index is -1.08. The van der Waals surface area contributed by atoms with Crippen LogP contribution in [0.2, 0.25) is 0 Å². The summed E-state index contributed by atoms with van der Waals surface area (Å²) in [4.78, 5) is 11.0. The Morgan fingerprint density at radius 3 is 2.65 bits per heavy atom. The first kappa shape index (κ1) is 13.6. The summed E-state index contributed by atoms with van der Waals surface area (Å²) in [6.45, 7) is 0.215. The van der Waals surface area contributed by atoms with Crippen molar-refractivity contribution in [1.29, 1.82) is 0 Å². The van der Waals surface area contributed by atoms with Gasteiger partial charge in [-0.25, -0.2) is 4.39 Å². The predicted octanol–water partition coefficient (Wildman–Crippen LogP) is 1.39. The zero-order valence-corrected chi connectivity index (χ0v) is 9.30. The molecule has 0 saturated heterocycles. The van der Waals surface area contributed by atoms with Gasteiger partial charge in [0.25, 0.3) is 0 Å². The van der Waals surface area contributed by atoms with E-state index in [1.54, 1.807) is 6.07 Å². The van der Waals surface area contributed by atoms with Crippen LogP contribution < -0.4 is 0 Å². The Hall–Kier alpha value is -1.46. The van der Waals surface area contributed by atoms with Crippen molar-refractivity contribution in [3.63, 3.8) is 0 Å². The Bertz CT molecular complexity index is 367. The van der Waals surface area contributed by atoms with Crippen LogP contribution in [0.4, 0.5) is 4.39 Å². The van der Waals surface area contributed by atoms with Crippen LogP contribution in [0.3, 0.4) is 0 Å². The van der Waals surface area contributed by atoms with Gasteiger partial charge in [0.05, 0.1) is 19.1 Å². The number of carbonyl (C=O) groups is 1. The minimum Gasteiger partial charge on any atom is -0.481 e. The molecule has 0 bridgehead atoms. The Morgan fingerprint density at radius 2 is 2.06 bits per heavy atom. The Labute approximate surface area is 98.7 Å². The number of aliphatic hydroxyl groups excluding tert-OH is 1. The minimum absolute atomic E-state index is 0.114. The molecule has 1 unspecified atom stereocenters. The van der Waals surface area contributed by atoms with Crippen molar-refractivity contribution in [2.75, 3.05) is 19.8 Å². The van der Waals surface area contributed by atoms with Crippen LogP contribution in [0.5, 0.6) is 0 Å². The fraction of sp³-hybridized carbons (Fsp3) is 0.417. The van der Waals surface area contributed by atoms with Crippen molar-refractivity contribution in [3.05, 3.63) is 35.6 Å². The summed E-state index contributed by atoms with van der Waals surface area (Å²) in [5.74, 6) is -2.53. The highest BCUT2D eigenvalue weighted by molar-refractivity contribution is 5.76. The maximum atomic E-state index is 13.4. The van der Waals surface area contributed by atoms with Crippen LogP contribution in [-0.4, -0.2) is 36.0 Å². The van der Waals surface area contributed by atoms with Crippen LogP contribution in [0.1, 0.15) is 17.9 Å². The van der Waals surface area contributed by atoms with Crippen molar-refractivity contribution in [2.45, 2.75) is 12.3 Å². The zero-order valence-electron chi connectivity index (χ0n) is 9.30. The maximum absolute atomic E-state index is 13.4. The first-order chi connectivity index (χ1) is 8.16. The number of ether oxygens (including phenoxy) is 1. The monoisotopic (exact) mass is 242 g/mol. The third-order valence-corrected chi connectivity index (χ3v) is 2.37. The molecule has 0 aliphatic carbocycles. The number of carboxylic acids is 1. The van der Waals surface area contributed by atoms with Crippen LogP contribution >= 0.6 is 0 Å². The Kier molecular flexibility index (Phi) is 5.59. The van der Waals surface area contributed by atoms with Gasteiger partial charge < -0.3 is 14.9 Å². The van der Waals surface area contributed by atoms with Gasteiger partial charge in [0.2, 0.25) is 0 Å². The second-order valence-corrected chi connectivity index (χ2v) is 3.54. The smallest absolute Gasteiger partial charge is 0.311 e. The third-order valence-electron chi connectivity index (χ3n) is 2.37. The van der Waals surface area contributed by atoms with Gasteiger partial charge in [0, 0.05) is 12.2 Å². The molecule has 0 spiro atoms. The average Bonchev–Trinajstić information content (AvgIpc) is 2.30. The predicted molar refractivity (Wildman–Crippen MR) is 59.3 cm³/mol. The lowest BCUT2D eigenvalue weighted by Crippen LogP contribution is -2.16. The molecule has 0 aromatic heterocycles. The first-order valence-electron chi connectivity index (χ1n) is 5.32. The molecule has 1 aromatic rings. The zero-order chi connectivity index (χ0) is 12.7. The molecule has 0 aliphatic heterocycles. The van der Waals surface area contributed by atoms with Gasteiger partial charge in [0.1, 0.15) is 5.82 Å². The summed E-state index contributed by atoms with van der Waals surface area (Å²) < 4.78 is 18.4. The summed E-state index contributed by atoms with van der Waals surface area (Å²) in [5, 5.41) is 17.5. The summed E-state index contributed by atoms with van der Waals surface area (Å²) in [6, 6.07) is 5.81. The molecule has 0 radical (unpaired) electrons. The molecule has 94 valence electrons. The maximum Gasteiger partial charge on any atom is 0.311 e. The van der Waals surface area contributed by atoms with Crippen LogP contribution in [0, 0.1) is 5.82 Å². The van der Waals surface area contributed by atoms with Gasteiger partial charge >= 0.3 is 5.97 Å². The molecular formula is C12H15FO4. The number of hydrogen-bond acceptors (Lipinski definition) is 3. The topological polar surface area (TPSA) is 66.8 Å². The molecule has 0 saturated carbocycles. The van der Waals surface area contributed by atoms with E-state index in [0.717, 1.165) is 0 Å². The van der Waals surface area contributed by atoms with Crippen molar-refractivity contribution in [2.24, 2.45) is 0 Å². The number of carboxylic acid groups (broad SMARTS) is 1. The summed E-state index contributed by atoms with van der Waals surface area (Å²) >= 11 is 0. The third kappa shape index (κ3) is 4.13. The van der Waals surface area contributed by atoms with Gasteiger partial charge in [-0.3, -0.25) is 4.79 Å². The van der Waals surface area contributed by atoms with Gasteiger partial charge in [-0.1, -0.05) is 18.2 Å². The van der Waals surface area contributed by atoms with E-state index in [-0.39, 0.29) is 31.8 Å². The SMILES string of the molecule is O=C(O)C(CCOCCO)c1ccccc1F. The summed E-state index contributed by atoms with van der Waals surface area (Å²) in [5.41, 5.74) is 0.160. The van der Waals surface area contributed by atoms with Gasteiger partial charge in [-0.2, -0.15) is 0 Å². The highest BCUT2D eigenvalue weighted by Crippen LogP contribution is 2.22. The van der Waals surface area contributed by atoms with Crippen LogP contribution in [0.15, 0.2) is 24.3 Å². The summed E-state index contributed by atoms with van der Waals surface area (Å²) in [6.07, 6.45) is 0.177. The van der Waals surface area contributed by atoms with Crippen molar-refractivity contribution in [1.82, 2.24) is 0 Å². The number of aliphatic hydroxyl groups is 1. The van der Waals surface area contributed by atoms with E-state index in [0.29, 0.717) is 0 Å². The highest BCUT2D eigenvalue weighted by Gasteiger charge is 2.22. The normalized spacial score (nSPS) is 12.4. The van der Waals surface area contributed by atoms with E-state index in [4.69, 9.17) is 14.9 Å².